The molecule has 0 atom stereocenters. The summed E-state index contributed by atoms with van der Waals surface area (Å²) in [4.78, 5) is 11.2. The van der Waals surface area contributed by atoms with Gasteiger partial charge in [0.15, 0.2) is 0 Å². The molecule has 0 saturated heterocycles. The van der Waals surface area contributed by atoms with E-state index in [1.54, 1.807) is 6.92 Å². The van der Waals surface area contributed by atoms with Crippen LogP contribution in [0.5, 0.6) is 0 Å². The van der Waals surface area contributed by atoms with Crippen molar-refractivity contribution < 1.29 is 30.5 Å². The number of rotatable bonds is 7. The summed E-state index contributed by atoms with van der Waals surface area (Å²) in [6.07, 6.45) is 4.19. The Morgan fingerprint density at radius 2 is 1.79 bits per heavy atom. The number of hydrogen-bond acceptors (Lipinski definition) is 7. The summed E-state index contributed by atoms with van der Waals surface area (Å²) in [5.74, 6) is -1.20. The highest BCUT2D eigenvalue weighted by Gasteiger charge is 2.19. The first kappa shape index (κ1) is 17.8. The van der Waals surface area contributed by atoms with Crippen molar-refractivity contribution in [2.24, 2.45) is 0 Å². The molecule has 0 fully saturated rings. The van der Waals surface area contributed by atoms with Crippen molar-refractivity contribution >= 4 is 24.3 Å². The van der Waals surface area contributed by atoms with E-state index < -0.39 is 24.3 Å². The third-order valence-corrected chi connectivity index (χ3v) is 3.38. The van der Waals surface area contributed by atoms with Crippen LogP contribution in [-0.4, -0.2) is 14.4 Å². The van der Waals surface area contributed by atoms with Crippen LogP contribution in [0.1, 0.15) is 33.6 Å². The molecule has 0 spiro atoms. The molecule has 0 saturated carbocycles. The van der Waals surface area contributed by atoms with E-state index >= 15 is 0 Å². The van der Waals surface area contributed by atoms with Gasteiger partial charge in [0.1, 0.15) is 0 Å². The van der Waals surface area contributed by atoms with E-state index in [0.29, 0.717) is 18.4 Å². The topological polar surface area (TPSA) is 104 Å². The zero-order valence-corrected chi connectivity index (χ0v) is 12.5. The van der Waals surface area contributed by atoms with Crippen molar-refractivity contribution in [1.82, 2.24) is 0 Å². The minimum Gasteiger partial charge on any atom is -0.320 e. The van der Waals surface area contributed by atoms with Gasteiger partial charge in [-0.15, -0.1) is 3.97 Å². The van der Waals surface area contributed by atoms with Crippen LogP contribution in [0.4, 0.5) is 0 Å². The first-order chi connectivity index (χ1) is 8.62. The average molecular weight is 310 g/mol. The molecule has 0 aromatic carbocycles. The molecule has 0 heterocycles. The van der Waals surface area contributed by atoms with Gasteiger partial charge in [0.2, 0.25) is 0 Å². The second-order valence-corrected chi connectivity index (χ2v) is 5.95. The lowest BCUT2D eigenvalue weighted by atomic mass is 10.1. The van der Waals surface area contributed by atoms with Gasteiger partial charge < -0.3 is 4.18 Å². The summed E-state index contributed by atoms with van der Waals surface area (Å²) in [5.41, 5.74) is 1.73. The van der Waals surface area contributed by atoms with Crippen LogP contribution < -0.4 is 0 Å². The zero-order valence-electron chi connectivity index (χ0n) is 10.8. The van der Waals surface area contributed by atoms with Crippen LogP contribution >= 0.6 is 7.91 Å². The molecule has 108 valence electrons. The molecular formula is C10H15O7PS. The lowest BCUT2D eigenvalue weighted by Gasteiger charge is -2.00. The van der Waals surface area contributed by atoms with Crippen molar-refractivity contribution in [3.63, 3.8) is 0 Å². The number of carbonyl (C=O) groups is 1. The Labute approximate surface area is 112 Å². The van der Waals surface area contributed by atoms with Crippen molar-refractivity contribution in [2.45, 2.75) is 33.6 Å². The van der Waals surface area contributed by atoms with Crippen molar-refractivity contribution in [3.8, 4) is 0 Å². The van der Waals surface area contributed by atoms with Gasteiger partial charge >= 0.3 is 24.3 Å². The van der Waals surface area contributed by atoms with E-state index in [2.05, 4.69) is 8.15 Å². The fourth-order valence-electron chi connectivity index (χ4n) is 1.08. The quantitative estimate of drug-likeness (QED) is 0.404. The number of carbonyl (C=O) groups excluding carboxylic acids is 1. The molecule has 0 aliphatic heterocycles. The minimum absolute atomic E-state index is 0.553. The predicted octanol–water partition coefficient (Wildman–Crippen LogP) is 2.57. The predicted molar refractivity (Wildman–Crippen MR) is 66.8 cm³/mol. The first-order valence-electron chi connectivity index (χ1n) is 5.25. The summed E-state index contributed by atoms with van der Waals surface area (Å²) in [6, 6.07) is 0. The smallest absolute Gasteiger partial charge is 0.320 e. The average Bonchev–Trinajstić information content (AvgIpc) is 2.12. The molecule has 0 aromatic heterocycles. The summed E-state index contributed by atoms with van der Waals surface area (Å²) in [6.45, 7) is 5.49. The molecule has 0 aliphatic carbocycles. The van der Waals surface area contributed by atoms with E-state index in [9.17, 15) is 22.3 Å². The Balaban J connectivity index is 4.48. The third-order valence-electron chi connectivity index (χ3n) is 1.79. The van der Waals surface area contributed by atoms with Gasteiger partial charge in [-0.1, -0.05) is 17.2 Å². The number of hydrogen-bond donors (Lipinski definition) is 0. The lowest BCUT2D eigenvalue weighted by Crippen LogP contribution is -2.11. The Bertz CT molecular complexity index is 542. The molecule has 0 radical (unpaired) electrons. The minimum atomic E-state index is -4.86. The lowest BCUT2D eigenvalue weighted by molar-refractivity contribution is -0.128. The van der Waals surface area contributed by atoms with Gasteiger partial charge in [-0.3, -0.25) is 0 Å². The highest BCUT2D eigenvalue weighted by atomic mass is 32.3. The van der Waals surface area contributed by atoms with Gasteiger partial charge in [-0.05, 0) is 33.6 Å². The van der Waals surface area contributed by atoms with E-state index in [1.165, 1.54) is 0 Å². The Kier molecular flexibility index (Phi) is 7.51. The molecule has 9 heteroatoms. The van der Waals surface area contributed by atoms with E-state index in [-0.39, 0.29) is 0 Å². The number of allylic oxidation sites excluding steroid dienone is 3. The fraction of sp³-hybridized carbons (Fsp3) is 0.500. The van der Waals surface area contributed by atoms with E-state index in [4.69, 9.17) is 0 Å². The first-order valence-corrected chi connectivity index (χ1v) is 7.68. The molecule has 0 bridgehead atoms. The Hall–Kier alpha value is -1.24. The summed E-state index contributed by atoms with van der Waals surface area (Å²) in [7, 11) is -8.51. The molecule has 19 heavy (non-hydrogen) atoms. The summed E-state index contributed by atoms with van der Waals surface area (Å²) >= 11 is 0. The van der Waals surface area contributed by atoms with Gasteiger partial charge in [0.25, 0.3) is 0 Å². The molecule has 0 N–H and O–H groups in total. The van der Waals surface area contributed by atoms with Gasteiger partial charge in [0.05, 0.1) is 0 Å². The van der Waals surface area contributed by atoms with E-state index in [0.717, 1.165) is 11.6 Å². The second-order valence-electron chi connectivity index (χ2n) is 3.92. The molecule has 0 aliphatic rings. The van der Waals surface area contributed by atoms with Crippen LogP contribution in [0.25, 0.3) is 0 Å². The van der Waals surface area contributed by atoms with Crippen LogP contribution in [0.2, 0.25) is 0 Å². The van der Waals surface area contributed by atoms with Crippen molar-refractivity contribution in [3.05, 3.63) is 23.3 Å². The maximum atomic E-state index is 11.2. The standard InChI is InChI=1S/C10H15O7PS/c1-8(2)5-4-6-9(3)7-10(11)16-19(14,15)17-18(12)13/h5,7H,4,6H2,1-3H3/b9-7+. The molecule has 0 aromatic rings. The highest BCUT2D eigenvalue weighted by molar-refractivity contribution is 7.85. The normalized spacial score (nSPS) is 11.8. The highest BCUT2D eigenvalue weighted by Crippen LogP contribution is 2.13. The van der Waals surface area contributed by atoms with Crippen LogP contribution in [-0.2, 0) is 32.5 Å². The Morgan fingerprint density at radius 1 is 1.21 bits per heavy atom. The summed E-state index contributed by atoms with van der Waals surface area (Å²) in [5, 5.41) is 0. The molecule has 0 rings (SSSR count). The third kappa shape index (κ3) is 10.4. The fourth-order valence-corrected chi connectivity index (χ4v) is 2.04. The van der Waals surface area contributed by atoms with Crippen molar-refractivity contribution in [2.75, 3.05) is 0 Å². The van der Waals surface area contributed by atoms with Crippen LogP contribution in [0.3, 0.4) is 0 Å². The SMILES string of the molecule is CC(C)=CCC/C(C)=C/C(=O)OS(=O)(=O)OP(=O)=O. The Morgan fingerprint density at radius 3 is 2.26 bits per heavy atom. The molecular weight excluding hydrogens is 295 g/mol. The monoisotopic (exact) mass is 310 g/mol. The van der Waals surface area contributed by atoms with Crippen LogP contribution in [0.15, 0.2) is 23.3 Å². The maximum absolute atomic E-state index is 11.2. The van der Waals surface area contributed by atoms with Gasteiger partial charge in [-0.2, -0.15) is 8.42 Å². The molecule has 0 amide bonds. The van der Waals surface area contributed by atoms with Gasteiger partial charge in [0, 0.05) is 6.08 Å². The molecule has 7 nitrogen and oxygen atoms in total. The van der Waals surface area contributed by atoms with Crippen LogP contribution in [0, 0.1) is 0 Å². The largest absolute Gasteiger partial charge is 0.486 e. The zero-order chi connectivity index (χ0) is 15.1. The second kappa shape index (κ2) is 8.04. The summed E-state index contributed by atoms with van der Waals surface area (Å²) < 4.78 is 49.1. The molecule has 0 unspecified atom stereocenters. The van der Waals surface area contributed by atoms with Gasteiger partial charge in [-0.25, -0.2) is 13.9 Å². The van der Waals surface area contributed by atoms with Crippen molar-refractivity contribution in [1.29, 1.82) is 0 Å². The maximum Gasteiger partial charge on any atom is 0.486 e. The van der Waals surface area contributed by atoms with E-state index in [1.807, 2.05) is 19.9 Å².